The molecule has 0 aromatic heterocycles. The Bertz CT molecular complexity index is 702. The highest BCUT2D eigenvalue weighted by Crippen LogP contribution is 2.27. The number of methoxy groups -OCH3 is 1. The van der Waals surface area contributed by atoms with Crippen molar-refractivity contribution in [2.45, 2.75) is 0 Å². The summed E-state index contributed by atoms with van der Waals surface area (Å²) in [6.07, 6.45) is 1.26. The second kappa shape index (κ2) is 8.05. The molecule has 0 saturated heterocycles. The van der Waals surface area contributed by atoms with Crippen molar-refractivity contribution in [3.05, 3.63) is 53.1 Å². The number of nitrogens with zero attached hydrogens (tertiary/aromatic N) is 1. The number of nitrogens with one attached hydrogen (secondary N) is 1. The third-order valence-corrected chi connectivity index (χ3v) is 3.13. The molecule has 0 radical (unpaired) electrons. The van der Waals surface area contributed by atoms with Crippen LogP contribution >= 0.6 is 11.6 Å². The fraction of sp³-hybridized carbons (Fsp3) is 0.125. The molecule has 0 saturated carbocycles. The van der Waals surface area contributed by atoms with E-state index in [2.05, 4.69) is 10.5 Å². The molecule has 2 aromatic carbocycles. The molecule has 0 aliphatic carbocycles. The van der Waals surface area contributed by atoms with Gasteiger partial charge < -0.3 is 20.0 Å². The van der Waals surface area contributed by atoms with Crippen LogP contribution in [0.3, 0.4) is 0 Å². The maximum atomic E-state index is 11.9. The molecule has 0 aliphatic heterocycles. The molecule has 0 spiro atoms. The van der Waals surface area contributed by atoms with E-state index in [-0.39, 0.29) is 12.5 Å². The summed E-state index contributed by atoms with van der Waals surface area (Å²) in [5, 5.41) is 14.7. The zero-order valence-corrected chi connectivity index (χ0v) is 13.1. The molecule has 0 bridgehead atoms. The van der Waals surface area contributed by atoms with E-state index in [1.807, 2.05) is 0 Å². The van der Waals surface area contributed by atoms with Gasteiger partial charge in [-0.05, 0) is 42.5 Å². The van der Waals surface area contributed by atoms with Gasteiger partial charge in [0.2, 0.25) is 0 Å². The van der Waals surface area contributed by atoms with Crippen molar-refractivity contribution in [2.75, 3.05) is 19.0 Å². The topological polar surface area (TPSA) is 80.2 Å². The van der Waals surface area contributed by atoms with Gasteiger partial charge in [-0.25, -0.2) is 0 Å². The lowest BCUT2D eigenvalue weighted by Crippen LogP contribution is -2.20. The number of oxime groups is 1. The normalized spacial score (nSPS) is 10.5. The maximum absolute atomic E-state index is 11.9. The first-order valence-corrected chi connectivity index (χ1v) is 7.04. The number of rotatable bonds is 6. The SMILES string of the molecule is COc1cc(/C=N\O)ccc1OCC(=O)Nc1ccc(Cl)cc1. The molecule has 23 heavy (non-hydrogen) atoms. The fourth-order valence-electron chi connectivity index (χ4n) is 1.82. The number of anilines is 1. The number of halogens is 1. The van der Waals surface area contributed by atoms with E-state index in [0.717, 1.165) is 0 Å². The average molecular weight is 335 g/mol. The summed E-state index contributed by atoms with van der Waals surface area (Å²) in [6, 6.07) is 11.7. The maximum Gasteiger partial charge on any atom is 0.262 e. The van der Waals surface area contributed by atoms with Crippen molar-refractivity contribution in [1.29, 1.82) is 0 Å². The van der Waals surface area contributed by atoms with E-state index >= 15 is 0 Å². The van der Waals surface area contributed by atoms with Gasteiger partial charge in [0.1, 0.15) is 0 Å². The lowest BCUT2D eigenvalue weighted by molar-refractivity contribution is -0.118. The van der Waals surface area contributed by atoms with Gasteiger partial charge >= 0.3 is 0 Å². The van der Waals surface area contributed by atoms with Crippen LogP contribution in [0.15, 0.2) is 47.6 Å². The number of benzene rings is 2. The van der Waals surface area contributed by atoms with E-state index in [9.17, 15) is 4.79 Å². The summed E-state index contributed by atoms with van der Waals surface area (Å²) < 4.78 is 10.6. The molecule has 0 heterocycles. The highest BCUT2D eigenvalue weighted by Gasteiger charge is 2.08. The van der Waals surface area contributed by atoms with Gasteiger partial charge in [0.05, 0.1) is 13.3 Å². The van der Waals surface area contributed by atoms with Crippen LogP contribution in [0.2, 0.25) is 5.02 Å². The second-order valence-electron chi connectivity index (χ2n) is 4.50. The van der Waals surface area contributed by atoms with Crippen LogP contribution in [0.4, 0.5) is 5.69 Å². The van der Waals surface area contributed by atoms with Crippen molar-refractivity contribution in [3.63, 3.8) is 0 Å². The minimum atomic E-state index is -0.310. The first kappa shape index (κ1) is 16.6. The third kappa shape index (κ3) is 4.89. The molecule has 2 aromatic rings. The van der Waals surface area contributed by atoms with Gasteiger partial charge in [0, 0.05) is 16.3 Å². The Morgan fingerprint density at radius 1 is 1.26 bits per heavy atom. The standard InChI is InChI=1S/C16H15ClN2O4/c1-22-15-8-11(9-18-21)2-7-14(15)23-10-16(20)19-13-5-3-12(17)4-6-13/h2-9,21H,10H2,1H3,(H,19,20)/b18-9-. The van der Waals surface area contributed by atoms with Crippen LogP contribution in [-0.4, -0.2) is 31.0 Å². The Morgan fingerprint density at radius 2 is 2.00 bits per heavy atom. The predicted octanol–water partition coefficient (Wildman–Crippen LogP) is 3.17. The number of amides is 1. The first-order valence-electron chi connectivity index (χ1n) is 6.66. The summed E-state index contributed by atoms with van der Waals surface area (Å²) in [5.74, 6) is 0.533. The quantitative estimate of drug-likeness (QED) is 0.483. The predicted molar refractivity (Wildman–Crippen MR) is 88.0 cm³/mol. The molecule has 0 fully saturated rings. The molecular weight excluding hydrogens is 320 g/mol. The van der Waals surface area contributed by atoms with E-state index < -0.39 is 0 Å². The van der Waals surface area contributed by atoms with Gasteiger partial charge in [-0.1, -0.05) is 16.8 Å². The summed E-state index contributed by atoms with van der Waals surface area (Å²) >= 11 is 5.78. The number of hydrogen-bond acceptors (Lipinski definition) is 5. The zero-order chi connectivity index (χ0) is 16.7. The minimum Gasteiger partial charge on any atom is -0.493 e. The Labute approximate surface area is 138 Å². The highest BCUT2D eigenvalue weighted by molar-refractivity contribution is 6.30. The van der Waals surface area contributed by atoms with Crippen molar-refractivity contribution in [1.82, 2.24) is 0 Å². The van der Waals surface area contributed by atoms with Gasteiger partial charge in [-0.2, -0.15) is 0 Å². The molecule has 7 heteroatoms. The Hall–Kier alpha value is -2.73. The molecule has 2 N–H and O–H groups in total. The van der Waals surface area contributed by atoms with Crippen molar-refractivity contribution in [3.8, 4) is 11.5 Å². The monoisotopic (exact) mass is 334 g/mol. The third-order valence-electron chi connectivity index (χ3n) is 2.88. The summed E-state index contributed by atoms with van der Waals surface area (Å²) in [4.78, 5) is 11.9. The van der Waals surface area contributed by atoms with Crippen molar-refractivity contribution >= 4 is 29.4 Å². The van der Waals surface area contributed by atoms with E-state index in [4.69, 9.17) is 26.3 Å². The van der Waals surface area contributed by atoms with Crippen LogP contribution < -0.4 is 14.8 Å². The van der Waals surface area contributed by atoms with E-state index in [1.165, 1.54) is 13.3 Å². The van der Waals surface area contributed by atoms with Gasteiger partial charge in [0.15, 0.2) is 18.1 Å². The molecule has 2 rings (SSSR count). The molecule has 0 aliphatic rings. The first-order chi connectivity index (χ1) is 11.1. The Balaban J connectivity index is 1.97. The second-order valence-corrected chi connectivity index (χ2v) is 4.94. The van der Waals surface area contributed by atoms with Gasteiger partial charge in [-0.15, -0.1) is 0 Å². The molecule has 1 amide bonds. The van der Waals surface area contributed by atoms with Crippen LogP contribution in [0.25, 0.3) is 0 Å². The van der Waals surface area contributed by atoms with Gasteiger partial charge in [0.25, 0.3) is 5.91 Å². The lowest BCUT2D eigenvalue weighted by atomic mass is 10.2. The Kier molecular flexibility index (Phi) is 5.82. The van der Waals surface area contributed by atoms with E-state index in [1.54, 1.807) is 42.5 Å². The number of carbonyl (C=O) groups excluding carboxylic acids is 1. The molecule has 120 valence electrons. The Morgan fingerprint density at radius 3 is 2.65 bits per heavy atom. The largest absolute Gasteiger partial charge is 0.493 e. The van der Waals surface area contributed by atoms with Gasteiger partial charge in [-0.3, -0.25) is 4.79 Å². The number of ether oxygens (including phenoxy) is 2. The molecular formula is C16H15ClN2O4. The van der Waals surface area contributed by atoms with Crippen LogP contribution in [0.5, 0.6) is 11.5 Å². The summed E-state index contributed by atoms with van der Waals surface area (Å²) in [5.41, 5.74) is 1.27. The van der Waals surface area contributed by atoms with E-state index in [0.29, 0.717) is 27.8 Å². The van der Waals surface area contributed by atoms with Crippen LogP contribution in [0.1, 0.15) is 5.56 Å². The lowest BCUT2D eigenvalue weighted by Gasteiger charge is -2.11. The summed E-state index contributed by atoms with van der Waals surface area (Å²) in [6.45, 7) is -0.174. The minimum absolute atomic E-state index is 0.174. The van der Waals surface area contributed by atoms with Crippen molar-refractivity contribution < 1.29 is 19.5 Å². The number of hydrogen-bond donors (Lipinski definition) is 2. The number of carbonyl (C=O) groups is 1. The fourth-order valence-corrected chi connectivity index (χ4v) is 1.95. The van der Waals surface area contributed by atoms with Crippen molar-refractivity contribution in [2.24, 2.45) is 5.16 Å². The smallest absolute Gasteiger partial charge is 0.262 e. The highest BCUT2D eigenvalue weighted by atomic mass is 35.5. The molecule has 6 nitrogen and oxygen atoms in total. The van der Waals surface area contributed by atoms with Crippen LogP contribution in [0, 0.1) is 0 Å². The average Bonchev–Trinajstić information content (AvgIpc) is 2.56. The summed E-state index contributed by atoms with van der Waals surface area (Å²) in [7, 11) is 1.48. The molecule has 0 unspecified atom stereocenters. The molecule has 0 atom stereocenters. The zero-order valence-electron chi connectivity index (χ0n) is 12.3. The van der Waals surface area contributed by atoms with Crippen LogP contribution in [-0.2, 0) is 4.79 Å².